The van der Waals surface area contributed by atoms with Gasteiger partial charge < -0.3 is 14.8 Å². The number of rotatable bonds is 3. The molecule has 0 bridgehead atoms. The maximum absolute atomic E-state index is 12.9. The van der Waals surface area contributed by atoms with Crippen molar-refractivity contribution in [1.29, 1.82) is 0 Å². The minimum atomic E-state index is -0.227. The molecule has 1 aromatic carbocycles. The number of aryl methyl sites for hydroxylation is 1. The first-order valence-corrected chi connectivity index (χ1v) is 10.0. The number of nitrogens with zero attached hydrogens (tertiary/aromatic N) is 5. The summed E-state index contributed by atoms with van der Waals surface area (Å²) in [7, 11) is 0. The van der Waals surface area contributed by atoms with Crippen molar-refractivity contribution < 1.29 is 4.79 Å². The standard InChI is InChI=1S/C22H22N6O2/c1-15-5-6-17-16(12-15)20-21(25-17)22(30)28(14-24-20)13-19(29)27-10-8-26(9-11-27)18-4-2-3-7-23-18/h2-7,12,14,25H,8-11,13H2,1H3. The van der Waals surface area contributed by atoms with Crippen molar-refractivity contribution in [3.63, 3.8) is 0 Å². The zero-order valence-corrected chi connectivity index (χ0v) is 16.7. The number of amides is 1. The molecule has 4 heterocycles. The molecule has 1 fully saturated rings. The van der Waals surface area contributed by atoms with Gasteiger partial charge in [-0.3, -0.25) is 14.2 Å². The molecule has 0 spiro atoms. The first-order valence-electron chi connectivity index (χ1n) is 10.0. The van der Waals surface area contributed by atoms with Gasteiger partial charge in [-0.1, -0.05) is 17.7 Å². The first-order chi connectivity index (χ1) is 14.6. The Bertz CT molecular complexity index is 1290. The Balaban J connectivity index is 1.33. The second-order valence-corrected chi connectivity index (χ2v) is 7.63. The molecule has 152 valence electrons. The molecule has 30 heavy (non-hydrogen) atoms. The summed E-state index contributed by atoms with van der Waals surface area (Å²) in [5.41, 5.74) is 2.83. The molecule has 1 aliphatic heterocycles. The predicted molar refractivity (Wildman–Crippen MR) is 116 cm³/mol. The summed E-state index contributed by atoms with van der Waals surface area (Å²) in [5, 5.41) is 0.922. The number of anilines is 1. The van der Waals surface area contributed by atoms with Crippen LogP contribution in [0.1, 0.15) is 5.56 Å². The van der Waals surface area contributed by atoms with E-state index in [0.29, 0.717) is 24.1 Å². The first kappa shape index (κ1) is 18.4. The van der Waals surface area contributed by atoms with Gasteiger partial charge in [0, 0.05) is 43.3 Å². The normalized spacial score (nSPS) is 14.6. The average Bonchev–Trinajstić information content (AvgIpc) is 3.15. The lowest BCUT2D eigenvalue weighted by molar-refractivity contribution is -0.132. The number of hydrogen-bond donors (Lipinski definition) is 1. The summed E-state index contributed by atoms with van der Waals surface area (Å²) in [5.74, 6) is 0.843. The topological polar surface area (TPSA) is 87.1 Å². The molecule has 0 saturated carbocycles. The van der Waals surface area contributed by atoms with Crippen LogP contribution in [0.25, 0.3) is 21.9 Å². The summed E-state index contributed by atoms with van der Waals surface area (Å²) in [6.07, 6.45) is 3.25. The van der Waals surface area contributed by atoms with Crippen molar-refractivity contribution in [3.8, 4) is 0 Å². The van der Waals surface area contributed by atoms with E-state index >= 15 is 0 Å². The molecule has 0 aliphatic carbocycles. The fourth-order valence-electron chi connectivity index (χ4n) is 3.99. The smallest absolute Gasteiger partial charge is 0.278 e. The average molecular weight is 402 g/mol. The van der Waals surface area contributed by atoms with Crippen LogP contribution >= 0.6 is 0 Å². The number of carbonyl (C=O) groups is 1. The quantitative estimate of drug-likeness (QED) is 0.566. The maximum atomic E-state index is 12.9. The fraction of sp³-hybridized carbons (Fsp3) is 0.273. The predicted octanol–water partition coefficient (Wildman–Crippen LogP) is 1.93. The van der Waals surface area contributed by atoms with Crippen molar-refractivity contribution in [1.82, 2.24) is 24.4 Å². The number of hydrogen-bond acceptors (Lipinski definition) is 5. The van der Waals surface area contributed by atoms with E-state index in [9.17, 15) is 9.59 Å². The van der Waals surface area contributed by atoms with Gasteiger partial charge in [-0.2, -0.15) is 0 Å². The van der Waals surface area contributed by atoms with E-state index in [-0.39, 0.29) is 18.0 Å². The Morgan fingerprint density at radius 3 is 2.70 bits per heavy atom. The van der Waals surface area contributed by atoms with Crippen molar-refractivity contribution >= 4 is 33.7 Å². The summed E-state index contributed by atoms with van der Waals surface area (Å²) >= 11 is 0. The number of H-pyrrole nitrogens is 1. The second kappa shape index (κ2) is 7.29. The highest BCUT2D eigenvalue weighted by Gasteiger charge is 2.22. The summed E-state index contributed by atoms with van der Waals surface area (Å²) in [6.45, 7) is 4.63. The summed E-state index contributed by atoms with van der Waals surface area (Å²) in [4.78, 5) is 41.7. The highest BCUT2D eigenvalue weighted by atomic mass is 16.2. The third-order valence-electron chi connectivity index (χ3n) is 5.64. The van der Waals surface area contributed by atoms with E-state index in [2.05, 4.69) is 19.9 Å². The number of carbonyl (C=O) groups excluding carboxylic acids is 1. The minimum absolute atomic E-state index is 0.0141. The van der Waals surface area contributed by atoms with Crippen molar-refractivity contribution in [2.75, 3.05) is 31.1 Å². The van der Waals surface area contributed by atoms with Crippen LogP contribution in [-0.2, 0) is 11.3 Å². The Morgan fingerprint density at radius 1 is 1.10 bits per heavy atom. The number of benzene rings is 1. The highest BCUT2D eigenvalue weighted by Crippen LogP contribution is 2.22. The molecule has 3 aromatic heterocycles. The fourth-order valence-corrected chi connectivity index (χ4v) is 3.99. The van der Waals surface area contributed by atoms with Crippen LogP contribution < -0.4 is 10.5 Å². The molecular formula is C22H22N6O2. The lowest BCUT2D eigenvalue weighted by Crippen LogP contribution is -2.50. The molecule has 8 heteroatoms. The number of aromatic amines is 1. The molecule has 1 N–H and O–H groups in total. The largest absolute Gasteiger partial charge is 0.353 e. The molecule has 0 radical (unpaired) electrons. The third kappa shape index (κ3) is 3.20. The van der Waals surface area contributed by atoms with Gasteiger partial charge in [0.15, 0.2) is 0 Å². The summed E-state index contributed by atoms with van der Waals surface area (Å²) in [6, 6.07) is 11.8. The molecule has 4 aromatic rings. The SMILES string of the molecule is Cc1ccc2[nH]c3c(=O)n(CC(=O)N4CCN(c5ccccn5)CC4)cnc3c2c1. The minimum Gasteiger partial charge on any atom is -0.353 e. The van der Waals surface area contributed by atoms with Gasteiger partial charge in [0.25, 0.3) is 5.56 Å². The van der Waals surface area contributed by atoms with Crippen LogP contribution in [0.4, 0.5) is 5.82 Å². The van der Waals surface area contributed by atoms with Crippen molar-refractivity contribution in [3.05, 3.63) is 64.8 Å². The Hall–Kier alpha value is -3.68. The van der Waals surface area contributed by atoms with Gasteiger partial charge >= 0.3 is 0 Å². The van der Waals surface area contributed by atoms with E-state index in [0.717, 1.165) is 35.4 Å². The van der Waals surface area contributed by atoms with E-state index in [4.69, 9.17) is 0 Å². The summed E-state index contributed by atoms with van der Waals surface area (Å²) < 4.78 is 1.39. The monoisotopic (exact) mass is 402 g/mol. The van der Waals surface area contributed by atoms with Gasteiger partial charge in [-0.15, -0.1) is 0 Å². The van der Waals surface area contributed by atoms with Crippen molar-refractivity contribution in [2.24, 2.45) is 0 Å². The Labute approximate surface area is 172 Å². The molecule has 8 nitrogen and oxygen atoms in total. The second-order valence-electron chi connectivity index (χ2n) is 7.63. The lowest BCUT2D eigenvalue weighted by atomic mass is 10.2. The van der Waals surface area contributed by atoms with Gasteiger partial charge in [0.2, 0.25) is 5.91 Å². The van der Waals surface area contributed by atoms with E-state index < -0.39 is 0 Å². The lowest BCUT2D eigenvalue weighted by Gasteiger charge is -2.35. The number of aromatic nitrogens is 4. The molecule has 1 aliphatic rings. The highest BCUT2D eigenvalue weighted by molar-refractivity contribution is 6.04. The van der Waals surface area contributed by atoms with Gasteiger partial charge in [-0.05, 0) is 31.2 Å². The zero-order valence-electron chi connectivity index (χ0n) is 16.7. The van der Waals surface area contributed by atoms with E-state index in [1.807, 2.05) is 43.3 Å². The van der Waals surface area contributed by atoms with E-state index in [1.165, 1.54) is 10.9 Å². The van der Waals surface area contributed by atoms with Crippen molar-refractivity contribution in [2.45, 2.75) is 13.5 Å². The van der Waals surface area contributed by atoms with Gasteiger partial charge in [0.05, 0.1) is 6.33 Å². The molecule has 1 saturated heterocycles. The Morgan fingerprint density at radius 2 is 1.93 bits per heavy atom. The van der Waals surface area contributed by atoms with Crippen LogP contribution in [-0.4, -0.2) is 56.5 Å². The number of piperazine rings is 1. The number of nitrogens with one attached hydrogen (secondary N) is 1. The van der Waals surface area contributed by atoms with E-state index in [1.54, 1.807) is 11.1 Å². The zero-order chi connectivity index (χ0) is 20.7. The maximum Gasteiger partial charge on any atom is 0.278 e. The van der Waals surface area contributed by atoms with Gasteiger partial charge in [0.1, 0.15) is 23.4 Å². The van der Waals surface area contributed by atoms with Crippen LogP contribution in [0.3, 0.4) is 0 Å². The molecule has 0 unspecified atom stereocenters. The van der Waals surface area contributed by atoms with Crippen LogP contribution in [0.2, 0.25) is 0 Å². The number of fused-ring (bicyclic) bond motifs is 3. The van der Waals surface area contributed by atoms with Crippen LogP contribution in [0, 0.1) is 6.92 Å². The van der Waals surface area contributed by atoms with Gasteiger partial charge in [-0.25, -0.2) is 9.97 Å². The van der Waals surface area contributed by atoms with Crippen LogP contribution in [0.15, 0.2) is 53.7 Å². The number of pyridine rings is 1. The Kier molecular flexibility index (Phi) is 4.46. The molecule has 1 amide bonds. The molecular weight excluding hydrogens is 380 g/mol. The molecule has 0 atom stereocenters. The third-order valence-corrected chi connectivity index (χ3v) is 5.64. The van der Waals surface area contributed by atoms with Crippen LogP contribution in [0.5, 0.6) is 0 Å². The molecule has 5 rings (SSSR count).